The topological polar surface area (TPSA) is 43.1 Å². The second-order valence-electron chi connectivity index (χ2n) is 3.88. The van der Waals surface area contributed by atoms with Gasteiger partial charge in [0.25, 0.3) is 0 Å². The van der Waals surface area contributed by atoms with E-state index in [9.17, 15) is 4.79 Å². The molecule has 12 heavy (non-hydrogen) atoms. The summed E-state index contributed by atoms with van der Waals surface area (Å²) in [4.78, 5) is 11.5. The Hall–Kier alpha value is -0.370. The molecule has 1 fully saturated rings. The molecule has 0 saturated heterocycles. The number of hydrogen-bond donors (Lipinski definition) is 1. The van der Waals surface area contributed by atoms with Gasteiger partial charge < -0.3 is 5.73 Å². The van der Waals surface area contributed by atoms with Crippen molar-refractivity contribution in [3.63, 3.8) is 0 Å². The number of hydrogen-bond acceptors (Lipinski definition) is 2. The highest BCUT2D eigenvalue weighted by Gasteiger charge is 2.21. The summed E-state index contributed by atoms with van der Waals surface area (Å²) in [6, 6.07) is -0.256. The molecule has 0 spiro atoms. The van der Waals surface area contributed by atoms with Crippen LogP contribution in [0.5, 0.6) is 0 Å². The zero-order valence-electron chi connectivity index (χ0n) is 7.88. The van der Waals surface area contributed by atoms with E-state index in [0.29, 0.717) is 0 Å². The van der Waals surface area contributed by atoms with Crippen LogP contribution in [0.2, 0.25) is 0 Å². The predicted octanol–water partition coefficient (Wildman–Crippen LogP) is 1.87. The highest BCUT2D eigenvalue weighted by molar-refractivity contribution is 5.85. The molecule has 2 nitrogen and oxygen atoms in total. The molecule has 70 valence electrons. The maximum Gasteiger partial charge on any atom is 0.152 e. The number of carbonyl (C=O) groups excluding carboxylic acids is 1. The maximum absolute atomic E-state index is 11.5. The molecule has 0 heterocycles. The summed E-state index contributed by atoms with van der Waals surface area (Å²) in [5, 5.41) is 0. The van der Waals surface area contributed by atoms with Gasteiger partial charge in [-0.1, -0.05) is 25.7 Å². The Morgan fingerprint density at radius 1 is 1.25 bits per heavy atom. The van der Waals surface area contributed by atoms with Crippen molar-refractivity contribution in [3.8, 4) is 0 Å². The van der Waals surface area contributed by atoms with E-state index in [1.54, 1.807) is 6.92 Å². The molecule has 1 rings (SSSR count). The first-order chi connectivity index (χ1) is 5.72. The SMILES string of the molecule is CC(N)C(=O)C1CCCCCC1. The van der Waals surface area contributed by atoms with Crippen LogP contribution in [0.4, 0.5) is 0 Å². The fourth-order valence-electron chi connectivity index (χ4n) is 1.94. The van der Waals surface area contributed by atoms with Gasteiger partial charge in [0.15, 0.2) is 5.78 Å². The molecule has 2 heteroatoms. The molecule has 1 unspecified atom stereocenters. The van der Waals surface area contributed by atoms with Crippen LogP contribution in [-0.4, -0.2) is 11.8 Å². The lowest BCUT2D eigenvalue weighted by Gasteiger charge is -2.14. The third kappa shape index (κ3) is 2.59. The summed E-state index contributed by atoms with van der Waals surface area (Å²) >= 11 is 0. The first kappa shape index (κ1) is 9.72. The van der Waals surface area contributed by atoms with Gasteiger partial charge in [-0.25, -0.2) is 0 Å². The van der Waals surface area contributed by atoms with E-state index in [0.717, 1.165) is 12.8 Å². The smallest absolute Gasteiger partial charge is 0.152 e. The Labute approximate surface area is 74.5 Å². The van der Waals surface area contributed by atoms with Crippen molar-refractivity contribution in [2.75, 3.05) is 0 Å². The standard InChI is InChI=1S/C10H19NO/c1-8(11)10(12)9-6-4-2-3-5-7-9/h8-9H,2-7,11H2,1H3. The molecule has 0 bridgehead atoms. The molecule has 0 aliphatic heterocycles. The summed E-state index contributed by atoms with van der Waals surface area (Å²) in [5.41, 5.74) is 5.57. The van der Waals surface area contributed by atoms with Crippen LogP contribution < -0.4 is 5.73 Å². The van der Waals surface area contributed by atoms with Crippen LogP contribution in [0.3, 0.4) is 0 Å². The number of nitrogens with two attached hydrogens (primary N) is 1. The fraction of sp³-hybridized carbons (Fsp3) is 0.900. The first-order valence-electron chi connectivity index (χ1n) is 5.01. The van der Waals surface area contributed by atoms with Gasteiger partial charge in [0, 0.05) is 5.92 Å². The average Bonchev–Trinajstić information content (AvgIpc) is 2.30. The van der Waals surface area contributed by atoms with Crippen molar-refractivity contribution < 1.29 is 4.79 Å². The third-order valence-corrected chi connectivity index (χ3v) is 2.71. The summed E-state index contributed by atoms with van der Waals surface area (Å²) in [6.45, 7) is 1.80. The highest BCUT2D eigenvalue weighted by Crippen LogP contribution is 2.23. The monoisotopic (exact) mass is 169 g/mol. The molecule has 2 N–H and O–H groups in total. The van der Waals surface area contributed by atoms with E-state index in [-0.39, 0.29) is 17.7 Å². The molecule has 1 atom stereocenters. The summed E-state index contributed by atoms with van der Waals surface area (Å²) in [6.07, 6.45) is 7.15. The Morgan fingerprint density at radius 3 is 2.17 bits per heavy atom. The average molecular weight is 169 g/mol. The van der Waals surface area contributed by atoms with Crippen molar-refractivity contribution in [2.45, 2.75) is 51.5 Å². The lowest BCUT2D eigenvalue weighted by Crippen LogP contribution is -2.32. The third-order valence-electron chi connectivity index (χ3n) is 2.71. The van der Waals surface area contributed by atoms with Crippen molar-refractivity contribution in [2.24, 2.45) is 11.7 Å². The predicted molar refractivity (Wildman–Crippen MR) is 49.8 cm³/mol. The lowest BCUT2D eigenvalue weighted by atomic mass is 9.92. The van der Waals surface area contributed by atoms with E-state index in [4.69, 9.17) is 5.73 Å². The fourth-order valence-corrected chi connectivity index (χ4v) is 1.94. The molecule has 0 radical (unpaired) electrons. The maximum atomic E-state index is 11.5. The minimum absolute atomic E-state index is 0.256. The van der Waals surface area contributed by atoms with Gasteiger partial charge in [-0.15, -0.1) is 0 Å². The van der Waals surface area contributed by atoms with Crippen LogP contribution in [0.1, 0.15) is 45.4 Å². The van der Waals surface area contributed by atoms with Gasteiger partial charge in [-0.2, -0.15) is 0 Å². The highest BCUT2D eigenvalue weighted by atomic mass is 16.1. The Balaban J connectivity index is 2.43. The van der Waals surface area contributed by atoms with E-state index in [2.05, 4.69) is 0 Å². The normalized spacial score (nSPS) is 23.2. The molecular weight excluding hydrogens is 150 g/mol. The molecule has 1 aliphatic carbocycles. The van der Waals surface area contributed by atoms with E-state index in [1.165, 1.54) is 25.7 Å². The minimum atomic E-state index is -0.256. The Kier molecular flexibility index (Phi) is 3.73. The van der Waals surface area contributed by atoms with Gasteiger partial charge in [0.1, 0.15) is 0 Å². The number of ketones is 1. The van der Waals surface area contributed by atoms with E-state index in [1.807, 2.05) is 0 Å². The van der Waals surface area contributed by atoms with Gasteiger partial charge in [0.05, 0.1) is 6.04 Å². The number of Topliss-reactive ketones (excluding diaryl/α,β-unsaturated/α-hetero) is 1. The van der Waals surface area contributed by atoms with Gasteiger partial charge in [0.2, 0.25) is 0 Å². The van der Waals surface area contributed by atoms with Crippen molar-refractivity contribution in [3.05, 3.63) is 0 Å². The summed E-state index contributed by atoms with van der Waals surface area (Å²) in [5.74, 6) is 0.546. The number of rotatable bonds is 2. The molecule has 0 aromatic rings. The molecule has 0 amide bonds. The second-order valence-corrected chi connectivity index (χ2v) is 3.88. The van der Waals surface area contributed by atoms with Gasteiger partial charge >= 0.3 is 0 Å². The Bertz CT molecular complexity index is 146. The van der Waals surface area contributed by atoms with Gasteiger partial charge in [-0.3, -0.25) is 4.79 Å². The van der Waals surface area contributed by atoms with Crippen LogP contribution in [0.15, 0.2) is 0 Å². The molecule has 1 saturated carbocycles. The minimum Gasteiger partial charge on any atom is -0.322 e. The first-order valence-corrected chi connectivity index (χ1v) is 5.01. The molecule has 0 aromatic carbocycles. The van der Waals surface area contributed by atoms with Crippen LogP contribution in [0, 0.1) is 5.92 Å². The van der Waals surface area contributed by atoms with E-state index < -0.39 is 0 Å². The van der Waals surface area contributed by atoms with Crippen molar-refractivity contribution >= 4 is 5.78 Å². The Morgan fingerprint density at radius 2 is 1.75 bits per heavy atom. The van der Waals surface area contributed by atoms with Gasteiger partial charge in [-0.05, 0) is 19.8 Å². The van der Waals surface area contributed by atoms with E-state index >= 15 is 0 Å². The summed E-state index contributed by atoms with van der Waals surface area (Å²) < 4.78 is 0. The van der Waals surface area contributed by atoms with Crippen LogP contribution >= 0.6 is 0 Å². The second kappa shape index (κ2) is 4.61. The molecular formula is C10H19NO. The van der Waals surface area contributed by atoms with Crippen molar-refractivity contribution in [1.29, 1.82) is 0 Å². The molecule has 0 aromatic heterocycles. The molecule has 1 aliphatic rings. The van der Waals surface area contributed by atoms with Crippen LogP contribution in [0.25, 0.3) is 0 Å². The number of carbonyl (C=O) groups is 1. The largest absolute Gasteiger partial charge is 0.322 e. The zero-order chi connectivity index (χ0) is 8.97. The van der Waals surface area contributed by atoms with Crippen molar-refractivity contribution in [1.82, 2.24) is 0 Å². The summed E-state index contributed by atoms with van der Waals surface area (Å²) in [7, 11) is 0. The quantitative estimate of drug-likeness (QED) is 0.641. The zero-order valence-corrected chi connectivity index (χ0v) is 7.88. The lowest BCUT2D eigenvalue weighted by molar-refractivity contribution is -0.124. The van der Waals surface area contributed by atoms with Crippen LogP contribution in [-0.2, 0) is 4.79 Å².